The van der Waals surface area contributed by atoms with Crippen LogP contribution in [0.3, 0.4) is 0 Å². The van der Waals surface area contributed by atoms with Crippen molar-refractivity contribution in [2.45, 2.75) is 34.1 Å². The summed E-state index contributed by atoms with van der Waals surface area (Å²) in [5.74, 6) is 1.09. The van der Waals surface area contributed by atoms with Crippen LogP contribution in [-0.4, -0.2) is 53.7 Å². The second-order valence-corrected chi connectivity index (χ2v) is 7.70. The van der Waals surface area contributed by atoms with Crippen LogP contribution in [-0.2, 0) is 4.74 Å². The van der Waals surface area contributed by atoms with Gasteiger partial charge < -0.3 is 9.64 Å². The van der Waals surface area contributed by atoms with Gasteiger partial charge in [0.15, 0.2) is 0 Å². The lowest BCUT2D eigenvalue weighted by molar-refractivity contribution is 0.0611. The molecule has 1 saturated heterocycles. The van der Waals surface area contributed by atoms with E-state index in [2.05, 4.69) is 70.9 Å². The molecule has 1 aromatic heterocycles. The topological polar surface area (TPSA) is 42.6 Å². The van der Waals surface area contributed by atoms with Crippen molar-refractivity contribution in [1.82, 2.24) is 14.7 Å². The molecule has 2 heterocycles. The van der Waals surface area contributed by atoms with Gasteiger partial charge in [0, 0.05) is 31.4 Å². The number of aliphatic imine (C=N–C) groups is 1. The molecular weight excluding hydrogens is 384 g/mol. The number of hydrogen-bond acceptors (Lipinski definition) is 4. The van der Waals surface area contributed by atoms with Gasteiger partial charge in [0.05, 0.1) is 24.6 Å². The zero-order chi connectivity index (χ0) is 22.2. The highest BCUT2D eigenvalue weighted by atomic mass is 16.5. The van der Waals surface area contributed by atoms with E-state index in [1.807, 2.05) is 33.0 Å². The van der Waals surface area contributed by atoms with Crippen LogP contribution in [0.4, 0.5) is 0 Å². The second kappa shape index (κ2) is 10.9. The molecule has 0 amide bonds. The van der Waals surface area contributed by atoms with E-state index in [9.17, 15) is 0 Å². The molecule has 0 N–H and O–H groups in total. The summed E-state index contributed by atoms with van der Waals surface area (Å²) in [6, 6.07) is 10.7. The Labute approximate surface area is 186 Å². The first-order valence-corrected chi connectivity index (χ1v) is 11.1. The number of aryl methyl sites for hydroxylation is 2. The van der Waals surface area contributed by atoms with Gasteiger partial charge in [-0.05, 0) is 62.6 Å². The lowest BCUT2D eigenvalue weighted by Crippen LogP contribution is -2.37. The first-order valence-electron chi connectivity index (χ1n) is 11.1. The molecule has 0 bridgehead atoms. The predicted molar refractivity (Wildman–Crippen MR) is 130 cm³/mol. The molecule has 0 radical (unpaired) electrons. The molecule has 0 atom stereocenters. The van der Waals surface area contributed by atoms with Crippen LogP contribution < -0.4 is 0 Å². The number of hydrogen-bond donors (Lipinski definition) is 0. The Hall–Kier alpha value is -2.92. The Morgan fingerprint density at radius 2 is 1.90 bits per heavy atom. The van der Waals surface area contributed by atoms with Crippen LogP contribution in [0.1, 0.15) is 42.8 Å². The van der Waals surface area contributed by atoms with Crippen molar-refractivity contribution in [3.8, 4) is 0 Å². The van der Waals surface area contributed by atoms with Crippen LogP contribution in [0.5, 0.6) is 0 Å². The van der Waals surface area contributed by atoms with Crippen LogP contribution in [0.15, 0.2) is 59.6 Å². The van der Waals surface area contributed by atoms with Crippen molar-refractivity contribution < 1.29 is 4.74 Å². The number of nitrogens with zero attached hydrogens (tertiary/aromatic N) is 4. The molecule has 0 saturated carbocycles. The molecule has 0 unspecified atom stereocenters. The third-order valence-corrected chi connectivity index (χ3v) is 5.33. The van der Waals surface area contributed by atoms with Crippen molar-refractivity contribution in [3.63, 3.8) is 0 Å². The minimum atomic E-state index is 0.735. The SMILES string of the molecule is C/C=C\C(=NC)c1cccc(C(=C\CC)/C=C(/N2CCOCC2)n2nc(C)cc2C)c1. The summed E-state index contributed by atoms with van der Waals surface area (Å²) >= 11 is 0. The Balaban J connectivity index is 2.09. The van der Waals surface area contributed by atoms with Gasteiger partial charge in [0.1, 0.15) is 5.82 Å². The number of benzene rings is 1. The van der Waals surface area contributed by atoms with E-state index in [0.717, 1.165) is 61.2 Å². The van der Waals surface area contributed by atoms with E-state index in [1.165, 1.54) is 11.1 Å². The molecule has 1 fully saturated rings. The van der Waals surface area contributed by atoms with E-state index in [0.29, 0.717) is 0 Å². The van der Waals surface area contributed by atoms with Gasteiger partial charge in [-0.15, -0.1) is 0 Å². The third kappa shape index (κ3) is 5.61. The fraction of sp³-hybridized carbons (Fsp3) is 0.385. The monoisotopic (exact) mass is 418 g/mol. The van der Waals surface area contributed by atoms with Crippen LogP contribution >= 0.6 is 0 Å². The minimum Gasteiger partial charge on any atom is -0.378 e. The van der Waals surface area contributed by atoms with E-state index in [1.54, 1.807) is 0 Å². The van der Waals surface area contributed by atoms with Gasteiger partial charge in [0.25, 0.3) is 0 Å². The summed E-state index contributed by atoms with van der Waals surface area (Å²) < 4.78 is 7.67. The maximum atomic E-state index is 5.60. The molecule has 0 aliphatic carbocycles. The summed E-state index contributed by atoms with van der Waals surface area (Å²) in [5, 5.41) is 4.79. The number of allylic oxidation sites excluding steroid dienone is 5. The highest BCUT2D eigenvalue weighted by molar-refractivity contribution is 6.09. The van der Waals surface area contributed by atoms with E-state index in [-0.39, 0.29) is 0 Å². The normalized spacial score (nSPS) is 16.4. The zero-order valence-electron chi connectivity index (χ0n) is 19.4. The van der Waals surface area contributed by atoms with Crippen LogP contribution in [0.25, 0.3) is 11.4 Å². The van der Waals surface area contributed by atoms with Gasteiger partial charge in [-0.1, -0.05) is 37.3 Å². The number of rotatable bonds is 7. The fourth-order valence-corrected chi connectivity index (χ4v) is 3.87. The predicted octanol–water partition coefficient (Wildman–Crippen LogP) is 5.12. The van der Waals surface area contributed by atoms with Gasteiger partial charge in [-0.2, -0.15) is 5.10 Å². The molecule has 31 heavy (non-hydrogen) atoms. The van der Waals surface area contributed by atoms with Crippen molar-refractivity contribution >= 4 is 17.1 Å². The van der Waals surface area contributed by atoms with Gasteiger partial charge in [-0.3, -0.25) is 4.99 Å². The molecule has 164 valence electrons. The molecule has 5 nitrogen and oxygen atoms in total. The Kier molecular flexibility index (Phi) is 8.01. The number of morpholine rings is 1. The largest absolute Gasteiger partial charge is 0.378 e. The number of ether oxygens (including phenoxy) is 1. The maximum Gasteiger partial charge on any atom is 0.131 e. The Bertz CT molecular complexity index is 1000. The summed E-state index contributed by atoms with van der Waals surface area (Å²) in [4.78, 5) is 6.82. The molecule has 5 heteroatoms. The van der Waals surface area contributed by atoms with Gasteiger partial charge in [0.2, 0.25) is 0 Å². The highest BCUT2D eigenvalue weighted by Crippen LogP contribution is 2.25. The fourth-order valence-electron chi connectivity index (χ4n) is 3.87. The maximum absolute atomic E-state index is 5.60. The average Bonchev–Trinajstić information content (AvgIpc) is 3.13. The Morgan fingerprint density at radius 3 is 2.52 bits per heavy atom. The second-order valence-electron chi connectivity index (χ2n) is 7.70. The Morgan fingerprint density at radius 1 is 1.16 bits per heavy atom. The van der Waals surface area contributed by atoms with E-state index in [4.69, 9.17) is 9.84 Å². The lowest BCUT2D eigenvalue weighted by atomic mass is 9.99. The van der Waals surface area contributed by atoms with Crippen molar-refractivity contribution in [2.75, 3.05) is 33.4 Å². The van der Waals surface area contributed by atoms with E-state index >= 15 is 0 Å². The van der Waals surface area contributed by atoms with Gasteiger partial charge in [-0.25, -0.2) is 4.68 Å². The first-order chi connectivity index (χ1) is 15.1. The van der Waals surface area contributed by atoms with Crippen molar-refractivity contribution in [2.24, 2.45) is 4.99 Å². The van der Waals surface area contributed by atoms with E-state index < -0.39 is 0 Å². The van der Waals surface area contributed by atoms with Crippen molar-refractivity contribution in [3.05, 3.63) is 77.2 Å². The van der Waals surface area contributed by atoms with Crippen LogP contribution in [0, 0.1) is 13.8 Å². The zero-order valence-corrected chi connectivity index (χ0v) is 19.4. The molecule has 3 rings (SSSR count). The standard InChI is InChI=1S/C26H34N4O/c1-6-9-22(23-11-8-12-24(18-23)25(27-5)10-7-2)19-26(29-13-15-31-16-14-29)30-21(4)17-20(3)28-30/h7-12,17-19H,6,13-16H2,1-5H3/b10-7-,22-9-,26-19-,27-25?. The first kappa shape index (κ1) is 22.8. The molecule has 0 spiro atoms. The minimum absolute atomic E-state index is 0.735. The summed E-state index contributed by atoms with van der Waals surface area (Å²) in [6.45, 7) is 11.5. The average molecular weight is 419 g/mol. The highest BCUT2D eigenvalue weighted by Gasteiger charge is 2.18. The molecule has 1 aromatic carbocycles. The summed E-state index contributed by atoms with van der Waals surface area (Å²) in [7, 11) is 1.84. The summed E-state index contributed by atoms with van der Waals surface area (Å²) in [5.41, 5.74) is 6.62. The third-order valence-electron chi connectivity index (χ3n) is 5.33. The quantitative estimate of drug-likeness (QED) is 0.463. The smallest absolute Gasteiger partial charge is 0.131 e. The van der Waals surface area contributed by atoms with Crippen LogP contribution in [0.2, 0.25) is 0 Å². The summed E-state index contributed by atoms with van der Waals surface area (Å²) in [6.07, 6.45) is 9.58. The molecular formula is C26H34N4O. The lowest BCUT2D eigenvalue weighted by Gasteiger charge is -2.31. The number of aromatic nitrogens is 2. The molecule has 1 aliphatic rings. The molecule has 2 aromatic rings. The van der Waals surface area contributed by atoms with Crippen molar-refractivity contribution in [1.29, 1.82) is 0 Å². The molecule has 1 aliphatic heterocycles. The van der Waals surface area contributed by atoms with Gasteiger partial charge >= 0.3 is 0 Å².